The minimum absolute atomic E-state index is 0. The number of halogens is 1. The minimum Gasteiger partial charge on any atom is -0.331 e. The molecule has 1 unspecified atom stereocenters. The Kier molecular flexibility index (Phi) is 5.33. The largest absolute Gasteiger partial charge is 0.331 e. The van der Waals surface area contributed by atoms with Crippen LogP contribution in [0.2, 0.25) is 0 Å². The lowest BCUT2D eigenvalue weighted by Gasteiger charge is -2.24. The summed E-state index contributed by atoms with van der Waals surface area (Å²) in [6.07, 6.45) is 3.76. The average Bonchev–Trinajstić information content (AvgIpc) is 3.16. The van der Waals surface area contributed by atoms with Gasteiger partial charge in [-0.25, -0.2) is 0 Å². The Balaban J connectivity index is 0.00000161. The number of carbonyl (C=O) groups is 1. The summed E-state index contributed by atoms with van der Waals surface area (Å²) >= 11 is 1.72. The molecule has 1 aliphatic rings. The molecule has 0 aliphatic carbocycles. The fraction of sp³-hybridized carbons (Fsp3) is 0.333. The number of nitrogens with two attached hydrogens (primary N) is 1. The van der Waals surface area contributed by atoms with Crippen molar-refractivity contribution in [3.05, 3.63) is 52.0 Å². The number of pyridine rings is 1. The lowest BCUT2D eigenvalue weighted by Crippen LogP contribution is -2.30. The summed E-state index contributed by atoms with van der Waals surface area (Å²) in [6.45, 7) is 1.18. The smallest absolute Gasteiger partial charge is 0.254 e. The van der Waals surface area contributed by atoms with Crippen molar-refractivity contribution in [1.82, 2.24) is 9.88 Å². The number of hydrogen-bond donors (Lipinski definition) is 1. The Morgan fingerprint density at radius 1 is 1.48 bits per heavy atom. The molecule has 1 saturated heterocycles. The molecule has 3 heterocycles. The van der Waals surface area contributed by atoms with E-state index in [0.29, 0.717) is 12.1 Å². The first kappa shape index (κ1) is 15.9. The number of likely N-dealkylation sites (tertiary alicyclic amines) is 1. The van der Waals surface area contributed by atoms with Gasteiger partial charge in [0.2, 0.25) is 0 Å². The van der Waals surface area contributed by atoms with Crippen molar-refractivity contribution >= 4 is 29.7 Å². The molecule has 1 fully saturated rings. The monoisotopic (exact) mass is 323 g/mol. The van der Waals surface area contributed by atoms with Crippen LogP contribution >= 0.6 is 23.7 Å². The zero-order valence-corrected chi connectivity index (χ0v) is 13.2. The van der Waals surface area contributed by atoms with Crippen molar-refractivity contribution in [3.63, 3.8) is 0 Å². The van der Waals surface area contributed by atoms with Crippen molar-refractivity contribution < 1.29 is 4.79 Å². The van der Waals surface area contributed by atoms with E-state index in [1.54, 1.807) is 29.7 Å². The molecule has 112 valence electrons. The van der Waals surface area contributed by atoms with E-state index in [-0.39, 0.29) is 24.4 Å². The Morgan fingerprint density at radius 3 is 3.05 bits per heavy atom. The van der Waals surface area contributed by atoms with Crippen molar-refractivity contribution in [2.45, 2.75) is 25.4 Å². The zero-order chi connectivity index (χ0) is 13.9. The van der Waals surface area contributed by atoms with E-state index in [4.69, 9.17) is 5.73 Å². The third-order valence-corrected chi connectivity index (χ3v) is 4.63. The number of aromatic nitrogens is 1. The molecule has 1 atom stereocenters. The molecule has 0 radical (unpaired) electrons. The van der Waals surface area contributed by atoms with E-state index in [1.807, 2.05) is 11.0 Å². The first-order valence-corrected chi connectivity index (χ1v) is 7.67. The average molecular weight is 324 g/mol. The molecule has 2 aromatic heterocycles. The second-order valence-electron chi connectivity index (χ2n) is 4.91. The van der Waals surface area contributed by atoms with Gasteiger partial charge in [0.15, 0.2) is 0 Å². The van der Waals surface area contributed by atoms with E-state index in [0.717, 1.165) is 25.1 Å². The van der Waals surface area contributed by atoms with Crippen LogP contribution < -0.4 is 5.73 Å². The topological polar surface area (TPSA) is 59.2 Å². The van der Waals surface area contributed by atoms with Gasteiger partial charge < -0.3 is 10.6 Å². The van der Waals surface area contributed by atoms with Crippen molar-refractivity contribution in [3.8, 4) is 0 Å². The minimum atomic E-state index is 0. The van der Waals surface area contributed by atoms with Crippen molar-refractivity contribution in [2.24, 2.45) is 5.73 Å². The van der Waals surface area contributed by atoms with Gasteiger partial charge in [0.1, 0.15) is 0 Å². The van der Waals surface area contributed by atoms with E-state index in [2.05, 4.69) is 16.4 Å². The lowest BCUT2D eigenvalue weighted by molar-refractivity contribution is 0.0737. The fourth-order valence-electron chi connectivity index (χ4n) is 2.68. The summed E-state index contributed by atoms with van der Waals surface area (Å²) in [5, 5.41) is 2.06. The number of thiophene rings is 1. The highest BCUT2D eigenvalue weighted by molar-refractivity contribution is 7.10. The van der Waals surface area contributed by atoms with Crippen LogP contribution in [0.5, 0.6) is 0 Å². The van der Waals surface area contributed by atoms with Gasteiger partial charge in [0.25, 0.3) is 5.91 Å². The van der Waals surface area contributed by atoms with E-state index in [1.165, 1.54) is 4.88 Å². The summed E-state index contributed by atoms with van der Waals surface area (Å²) in [6, 6.07) is 7.94. The van der Waals surface area contributed by atoms with Gasteiger partial charge in [0, 0.05) is 29.7 Å². The van der Waals surface area contributed by atoms with Gasteiger partial charge in [-0.2, -0.15) is 0 Å². The summed E-state index contributed by atoms with van der Waals surface area (Å²) in [5.74, 6) is 0.0815. The number of carbonyl (C=O) groups excluding carboxylic acids is 1. The van der Waals surface area contributed by atoms with Gasteiger partial charge in [0.05, 0.1) is 11.7 Å². The molecule has 1 amide bonds. The molecule has 2 aromatic rings. The summed E-state index contributed by atoms with van der Waals surface area (Å²) in [4.78, 5) is 20.1. The summed E-state index contributed by atoms with van der Waals surface area (Å²) in [7, 11) is 0. The molecule has 0 bridgehead atoms. The van der Waals surface area contributed by atoms with Crippen LogP contribution in [-0.4, -0.2) is 22.3 Å². The van der Waals surface area contributed by atoms with Gasteiger partial charge in [-0.3, -0.25) is 9.78 Å². The molecule has 21 heavy (non-hydrogen) atoms. The predicted molar refractivity (Wildman–Crippen MR) is 86.7 cm³/mol. The molecule has 1 aliphatic heterocycles. The third-order valence-electron chi connectivity index (χ3n) is 3.66. The Morgan fingerprint density at radius 2 is 2.33 bits per heavy atom. The molecular weight excluding hydrogens is 306 g/mol. The molecule has 0 aromatic carbocycles. The molecule has 0 saturated carbocycles. The van der Waals surface area contributed by atoms with Crippen LogP contribution in [0.1, 0.15) is 39.8 Å². The molecule has 3 rings (SSSR count). The highest BCUT2D eigenvalue weighted by atomic mass is 35.5. The van der Waals surface area contributed by atoms with Gasteiger partial charge in [-0.05, 0) is 36.4 Å². The predicted octanol–water partition coefficient (Wildman–Crippen LogP) is 3.00. The van der Waals surface area contributed by atoms with E-state index >= 15 is 0 Å². The highest BCUT2D eigenvalue weighted by Gasteiger charge is 2.31. The van der Waals surface area contributed by atoms with Crippen LogP contribution in [0.15, 0.2) is 35.8 Å². The van der Waals surface area contributed by atoms with Crippen LogP contribution in [0, 0.1) is 0 Å². The first-order valence-electron chi connectivity index (χ1n) is 6.79. The molecule has 2 N–H and O–H groups in total. The summed E-state index contributed by atoms with van der Waals surface area (Å²) < 4.78 is 0. The van der Waals surface area contributed by atoms with Crippen molar-refractivity contribution in [2.75, 3.05) is 6.54 Å². The number of amides is 1. The Hall–Kier alpha value is -1.43. The van der Waals surface area contributed by atoms with Gasteiger partial charge >= 0.3 is 0 Å². The molecule has 6 heteroatoms. The van der Waals surface area contributed by atoms with E-state index in [9.17, 15) is 4.79 Å². The number of hydrogen-bond acceptors (Lipinski definition) is 4. The van der Waals surface area contributed by atoms with Crippen molar-refractivity contribution in [1.29, 1.82) is 0 Å². The fourth-order valence-corrected chi connectivity index (χ4v) is 3.55. The maximum absolute atomic E-state index is 12.7. The SMILES string of the molecule is Cl.NCc1cc(C(=O)N2CCCC2c2cccs2)ccn1. The third kappa shape index (κ3) is 3.26. The maximum Gasteiger partial charge on any atom is 0.254 e. The normalized spacial score (nSPS) is 17.6. The second kappa shape index (κ2) is 7.02. The van der Waals surface area contributed by atoms with Crippen LogP contribution in [-0.2, 0) is 6.54 Å². The molecular formula is C15H18ClN3OS. The summed E-state index contributed by atoms with van der Waals surface area (Å²) in [5.41, 5.74) is 7.03. The second-order valence-corrected chi connectivity index (χ2v) is 5.89. The lowest BCUT2D eigenvalue weighted by atomic mass is 10.1. The van der Waals surface area contributed by atoms with Gasteiger partial charge in [-0.15, -0.1) is 23.7 Å². The molecule has 4 nitrogen and oxygen atoms in total. The van der Waals surface area contributed by atoms with Gasteiger partial charge in [-0.1, -0.05) is 6.07 Å². The van der Waals surface area contributed by atoms with Crippen LogP contribution in [0.3, 0.4) is 0 Å². The van der Waals surface area contributed by atoms with Crippen LogP contribution in [0.4, 0.5) is 0 Å². The highest BCUT2D eigenvalue weighted by Crippen LogP contribution is 2.35. The maximum atomic E-state index is 12.7. The quantitative estimate of drug-likeness (QED) is 0.944. The zero-order valence-electron chi connectivity index (χ0n) is 11.6. The Bertz CT molecular complexity index is 603. The van der Waals surface area contributed by atoms with E-state index < -0.39 is 0 Å². The standard InChI is InChI=1S/C15H17N3OS.ClH/c16-10-12-9-11(5-6-17-12)15(19)18-7-1-3-13(18)14-4-2-8-20-14;/h2,4-6,8-9,13H,1,3,7,10,16H2;1H. The van der Waals surface area contributed by atoms with Crippen LogP contribution in [0.25, 0.3) is 0 Å². The number of rotatable bonds is 3. The Labute approximate surface area is 134 Å². The first-order chi connectivity index (χ1) is 9.79. The molecule has 0 spiro atoms. The number of nitrogens with zero attached hydrogens (tertiary/aromatic N) is 2.